The van der Waals surface area contributed by atoms with Crippen molar-refractivity contribution in [2.45, 2.75) is 31.6 Å². The minimum atomic E-state index is 0.406. The largest absolute Gasteiger partial charge is 0.310 e. The Kier molecular flexibility index (Phi) is 6.34. The Morgan fingerprint density at radius 3 is 2.14 bits per heavy atom. The van der Waals surface area contributed by atoms with Gasteiger partial charge in [-0.05, 0) is 42.8 Å². The van der Waals surface area contributed by atoms with Crippen molar-refractivity contribution in [3.8, 4) is 11.1 Å². The van der Waals surface area contributed by atoms with Crippen molar-refractivity contribution in [2.75, 3.05) is 12.8 Å². The van der Waals surface area contributed by atoms with E-state index >= 15 is 0 Å². The van der Waals surface area contributed by atoms with Crippen molar-refractivity contribution in [2.24, 2.45) is 0 Å². The molecule has 2 atom stereocenters. The minimum Gasteiger partial charge on any atom is -0.310 e. The number of rotatable bonds is 7. The number of thioether (sulfide) groups is 1. The average molecular weight is 299 g/mol. The molecule has 0 amide bonds. The van der Waals surface area contributed by atoms with Crippen LogP contribution in [0.2, 0.25) is 0 Å². The fourth-order valence-electron chi connectivity index (χ4n) is 2.33. The summed E-state index contributed by atoms with van der Waals surface area (Å²) in [5.74, 6) is 0. The van der Waals surface area contributed by atoms with Crippen LogP contribution in [0.1, 0.15) is 31.9 Å². The van der Waals surface area contributed by atoms with Crippen LogP contribution in [0.4, 0.5) is 0 Å². The van der Waals surface area contributed by atoms with E-state index in [-0.39, 0.29) is 0 Å². The van der Waals surface area contributed by atoms with E-state index in [1.54, 1.807) is 0 Å². The van der Waals surface area contributed by atoms with E-state index in [2.05, 4.69) is 80.0 Å². The maximum atomic E-state index is 3.61. The maximum absolute atomic E-state index is 3.61. The highest BCUT2D eigenvalue weighted by Crippen LogP contribution is 2.21. The van der Waals surface area contributed by atoms with E-state index in [9.17, 15) is 0 Å². The van der Waals surface area contributed by atoms with Gasteiger partial charge in [0.2, 0.25) is 0 Å². The first-order valence-electron chi connectivity index (χ1n) is 7.62. The Morgan fingerprint density at radius 2 is 1.52 bits per heavy atom. The molecule has 0 fully saturated rings. The summed E-state index contributed by atoms with van der Waals surface area (Å²) in [6, 6.07) is 19.8. The van der Waals surface area contributed by atoms with Crippen molar-refractivity contribution in [3.05, 3.63) is 60.2 Å². The van der Waals surface area contributed by atoms with E-state index in [4.69, 9.17) is 0 Å². The van der Waals surface area contributed by atoms with Gasteiger partial charge < -0.3 is 5.32 Å². The molecule has 0 bridgehead atoms. The van der Waals surface area contributed by atoms with Gasteiger partial charge in [0, 0.05) is 11.3 Å². The lowest BCUT2D eigenvalue weighted by Gasteiger charge is -2.16. The predicted octanol–water partition coefficient (Wildman–Crippen LogP) is 5.15. The van der Waals surface area contributed by atoms with Crippen molar-refractivity contribution in [1.29, 1.82) is 0 Å². The number of benzene rings is 2. The molecule has 2 aromatic rings. The highest BCUT2D eigenvalue weighted by molar-refractivity contribution is 7.99. The first-order valence-corrected chi connectivity index (χ1v) is 8.91. The van der Waals surface area contributed by atoms with E-state index in [0.29, 0.717) is 6.04 Å². The third-order valence-corrected chi connectivity index (χ3v) is 4.96. The van der Waals surface area contributed by atoms with Crippen molar-refractivity contribution >= 4 is 11.8 Å². The minimum absolute atomic E-state index is 0.406. The summed E-state index contributed by atoms with van der Waals surface area (Å²) in [6.07, 6.45) is 3.39. The van der Waals surface area contributed by atoms with Crippen LogP contribution in [-0.4, -0.2) is 18.1 Å². The van der Waals surface area contributed by atoms with Gasteiger partial charge in [0.1, 0.15) is 0 Å². The summed E-state index contributed by atoms with van der Waals surface area (Å²) in [4.78, 5) is 0. The third kappa shape index (κ3) is 4.90. The molecule has 0 spiro atoms. The Hall–Kier alpha value is -1.25. The zero-order chi connectivity index (χ0) is 15.1. The normalized spacial score (nSPS) is 13.9. The second-order valence-corrected chi connectivity index (χ2v) is 6.77. The molecule has 2 rings (SSSR count). The standard InChI is InChI=1S/C19H25NS/c1-15(21-3)13-14-20-16(2)17-9-11-19(12-10-17)18-7-5-4-6-8-18/h4-12,15-16,20H,13-14H2,1-3H3. The topological polar surface area (TPSA) is 12.0 Å². The SMILES string of the molecule is CSC(C)CCNC(C)c1ccc(-c2ccccc2)cc1. The summed E-state index contributed by atoms with van der Waals surface area (Å²) in [5, 5.41) is 4.34. The van der Waals surface area contributed by atoms with Crippen LogP contribution in [0.25, 0.3) is 11.1 Å². The fourth-order valence-corrected chi connectivity index (χ4v) is 2.69. The van der Waals surface area contributed by atoms with Crippen LogP contribution in [0.15, 0.2) is 54.6 Å². The molecule has 2 heteroatoms. The number of nitrogens with one attached hydrogen (secondary N) is 1. The van der Waals surface area contributed by atoms with Crippen molar-refractivity contribution in [3.63, 3.8) is 0 Å². The monoisotopic (exact) mass is 299 g/mol. The molecule has 1 nitrogen and oxygen atoms in total. The molecule has 0 saturated heterocycles. The zero-order valence-electron chi connectivity index (χ0n) is 13.2. The molecular weight excluding hydrogens is 274 g/mol. The summed E-state index contributed by atoms with van der Waals surface area (Å²) < 4.78 is 0. The van der Waals surface area contributed by atoms with E-state index in [1.807, 2.05) is 11.8 Å². The summed E-state index contributed by atoms with van der Waals surface area (Å²) >= 11 is 1.93. The quantitative estimate of drug-likeness (QED) is 0.759. The Balaban J connectivity index is 1.92. The smallest absolute Gasteiger partial charge is 0.0291 e. The fraction of sp³-hybridized carbons (Fsp3) is 0.368. The van der Waals surface area contributed by atoms with Gasteiger partial charge >= 0.3 is 0 Å². The first kappa shape index (κ1) is 16.1. The maximum Gasteiger partial charge on any atom is 0.0291 e. The first-order chi connectivity index (χ1) is 10.2. The van der Waals surface area contributed by atoms with Crippen LogP contribution < -0.4 is 5.32 Å². The lowest BCUT2D eigenvalue weighted by atomic mass is 10.0. The van der Waals surface area contributed by atoms with Crippen molar-refractivity contribution < 1.29 is 0 Å². The van der Waals surface area contributed by atoms with Crippen LogP contribution in [0, 0.1) is 0 Å². The summed E-state index contributed by atoms with van der Waals surface area (Å²) in [7, 11) is 0. The van der Waals surface area contributed by atoms with Gasteiger partial charge in [-0.1, -0.05) is 61.5 Å². The molecule has 0 aliphatic carbocycles. The zero-order valence-corrected chi connectivity index (χ0v) is 14.0. The molecule has 0 aliphatic heterocycles. The average Bonchev–Trinajstić information content (AvgIpc) is 2.55. The summed E-state index contributed by atoms with van der Waals surface area (Å²) in [6.45, 7) is 5.59. The van der Waals surface area contributed by atoms with E-state index < -0.39 is 0 Å². The van der Waals surface area contributed by atoms with Crippen LogP contribution >= 0.6 is 11.8 Å². The van der Waals surface area contributed by atoms with Crippen LogP contribution in [0.3, 0.4) is 0 Å². The Morgan fingerprint density at radius 1 is 0.905 bits per heavy atom. The molecule has 0 saturated carbocycles. The molecule has 0 aromatic heterocycles. The van der Waals surface area contributed by atoms with Gasteiger partial charge in [-0.25, -0.2) is 0 Å². The number of hydrogen-bond acceptors (Lipinski definition) is 2. The summed E-state index contributed by atoms with van der Waals surface area (Å²) in [5.41, 5.74) is 3.91. The van der Waals surface area contributed by atoms with E-state index in [0.717, 1.165) is 11.8 Å². The van der Waals surface area contributed by atoms with Gasteiger partial charge in [0.15, 0.2) is 0 Å². The second kappa shape index (κ2) is 8.26. The van der Waals surface area contributed by atoms with Gasteiger partial charge in [-0.2, -0.15) is 11.8 Å². The predicted molar refractivity (Wildman–Crippen MR) is 95.9 cm³/mol. The highest BCUT2D eigenvalue weighted by atomic mass is 32.2. The molecule has 112 valence electrons. The highest BCUT2D eigenvalue weighted by Gasteiger charge is 2.06. The van der Waals surface area contributed by atoms with E-state index in [1.165, 1.54) is 23.1 Å². The van der Waals surface area contributed by atoms with Crippen LogP contribution in [0.5, 0.6) is 0 Å². The lowest BCUT2D eigenvalue weighted by Crippen LogP contribution is -2.21. The number of hydrogen-bond donors (Lipinski definition) is 1. The lowest BCUT2D eigenvalue weighted by molar-refractivity contribution is 0.558. The molecule has 0 radical (unpaired) electrons. The third-order valence-electron chi connectivity index (χ3n) is 3.92. The van der Waals surface area contributed by atoms with Gasteiger partial charge in [0.25, 0.3) is 0 Å². The molecule has 21 heavy (non-hydrogen) atoms. The Labute approximate surface area is 133 Å². The Bertz CT molecular complexity index is 521. The van der Waals surface area contributed by atoms with Gasteiger partial charge in [0.05, 0.1) is 0 Å². The second-order valence-electron chi connectivity index (χ2n) is 5.50. The van der Waals surface area contributed by atoms with Crippen LogP contribution in [-0.2, 0) is 0 Å². The molecule has 0 aliphatic rings. The molecule has 0 heterocycles. The molecular formula is C19H25NS. The molecule has 2 unspecified atom stereocenters. The molecule has 2 aromatic carbocycles. The van der Waals surface area contributed by atoms with Gasteiger partial charge in [-0.3, -0.25) is 0 Å². The van der Waals surface area contributed by atoms with Gasteiger partial charge in [-0.15, -0.1) is 0 Å². The van der Waals surface area contributed by atoms with Crippen molar-refractivity contribution in [1.82, 2.24) is 5.32 Å². The molecule has 1 N–H and O–H groups in total.